The number of alkyl halides is 3. The summed E-state index contributed by atoms with van der Waals surface area (Å²) < 4.78 is 46.0. The van der Waals surface area contributed by atoms with Crippen molar-refractivity contribution in [3.8, 4) is 17.4 Å². The number of nitrogens with two attached hydrogens (primary N) is 1. The van der Waals surface area contributed by atoms with Crippen LogP contribution < -0.4 is 20.7 Å². The van der Waals surface area contributed by atoms with Crippen molar-refractivity contribution in [1.82, 2.24) is 9.97 Å². The van der Waals surface area contributed by atoms with Crippen molar-refractivity contribution in [1.29, 1.82) is 0 Å². The molecular formula is C11H8ClF3N4O2. The quantitative estimate of drug-likeness (QED) is 0.665. The summed E-state index contributed by atoms with van der Waals surface area (Å²) in [6.07, 6.45) is -3.66. The molecule has 1 aromatic heterocycles. The van der Waals surface area contributed by atoms with Crippen molar-refractivity contribution >= 4 is 17.5 Å². The lowest BCUT2D eigenvalue weighted by atomic mass is 10.3. The predicted octanol–water partition coefficient (Wildman–Crippen LogP) is 3.11. The molecule has 0 aliphatic heterocycles. The first kappa shape index (κ1) is 15.1. The molecule has 0 aliphatic rings. The van der Waals surface area contributed by atoms with Gasteiger partial charge in [-0.3, -0.25) is 5.43 Å². The fraction of sp³-hybridized carbons (Fsp3) is 0.0909. The summed E-state index contributed by atoms with van der Waals surface area (Å²) >= 11 is 5.81. The summed E-state index contributed by atoms with van der Waals surface area (Å²) in [7, 11) is 0. The van der Waals surface area contributed by atoms with Crippen LogP contribution in [0, 0.1) is 0 Å². The second-order valence-corrected chi connectivity index (χ2v) is 3.99. The minimum absolute atomic E-state index is 0.00388. The van der Waals surface area contributed by atoms with Crippen molar-refractivity contribution in [3.63, 3.8) is 0 Å². The molecule has 21 heavy (non-hydrogen) atoms. The highest BCUT2D eigenvalue weighted by molar-refractivity contribution is 6.31. The third-order valence-corrected chi connectivity index (χ3v) is 2.38. The summed E-state index contributed by atoms with van der Waals surface area (Å²) in [4.78, 5) is 7.50. The van der Waals surface area contributed by atoms with Gasteiger partial charge in [0.2, 0.25) is 11.8 Å². The molecule has 1 heterocycles. The van der Waals surface area contributed by atoms with E-state index in [9.17, 15) is 13.2 Å². The van der Waals surface area contributed by atoms with Gasteiger partial charge in [-0.15, -0.1) is 13.2 Å². The van der Waals surface area contributed by atoms with Crippen LogP contribution in [0.15, 0.2) is 30.5 Å². The minimum Gasteiger partial charge on any atom is -0.433 e. The molecule has 0 amide bonds. The van der Waals surface area contributed by atoms with Crippen molar-refractivity contribution in [2.24, 2.45) is 5.84 Å². The lowest BCUT2D eigenvalue weighted by Gasteiger charge is -2.13. The number of hydrogen-bond donors (Lipinski definition) is 2. The number of nitrogens with one attached hydrogen (secondary N) is 1. The van der Waals surface area contributed by atoms with Gasteiger partial charge in [0.05, 0.1) is 6.20 Å². The summed E-state index contributed by atoms with van der Waals surface area (Å²) in [6, 6.07) is 5.20. The van der Waals surface area contributed by atoms with Gasteiger partial charge in [0.25, 0.3) is 0 Å². The van der Waals surface area contributed by atoms with E-state index in [0.29, 0.717) is 0 Å². The molecule has 0 unspecified atom stereocenters. The molecule has 112 valence electrons. The van der Waals surface area contributed by atoms with Gasteiger partial charge >= 0.3 is 6.36 Å². The summed E-state index contributed by atoms with van der Waals surface area (Å²) in [6.45, 7) is 0. The molecule has 0 bridgehead atoms. The molecular weight excluding hydrogens is 313 g/mol. The van der Waals surface area contributed by atoms with Gasteiger partial charge in [0.15, 0.2) is 11.5 Å². The molecule has 0 aliphatic carbocycles. The zero-order valence-corrected chi connectivity index (χ0v) is 10.9. The minimum atomic E-state index is -4.85. The molecule has 1 aromatic carbocycles. The van der Waals surface area contributed by atoms with Crippen molar-refractivity contribution in [2.75, 3.05) is 5.43 Å². The van der Waals surface area contributed by atoms with Crippen LogP contribution in [0.3, 0.4) is 0 Å². The number of aromatic nitrogens is 2. The number of anilines is 1. The number of ether oxygens (including phenoxy) is 2. The van der Waals surface area contributed by atoms with Crippen LogP contribution in [-0.4, -0.2) is 16.3 Å². The van der Waals surface area contributed by atoms with E-state index in [-0.39, 0.29) is 22.6 Å². The van der Waals surface area contributed by atoms with Gasteiger partial charge in [0, 0.05) is 0 Å². The lowest BCUT2D eigenvalue weighted by Crippen LogP contribution is -2.17. The predicted molar refractivity (Wildman–Crippen MR) is 68.1 cm³/mol. The first-order chi connectivity index (χ1) is 9.89. The van der Waals surface area contributed by atoms with Crippen LogP contribution in [-0.2, 0) is 0 Å². The normalized spacial score (nSPS) is 11.1. The molecule has 2 rings (SSSR count). The fourth-order valence-corrected chi connectivity index (χ4v) is 1.47. The second-order valence-electron chi connectivity index (χ2n) is 3.59. The molecule has 2 aromatic rings. The number of para-hydroxylation sites is 2. The maximum Gasteiger partial charge on any atom is 0.573 e. The van der Waals surface area contributed by atoms with Crippen molar-refractivity contribution in [2.45, 2.75) is 6.36 Å². The Hall–Kier alpha value is -2.26. The Balaban J connectivity index is 2.31. The van der Waals surface area contributed by atoms with Crippen LogP contribution in [0.2, 0.25) is 5.02 Å². The topological polar surface area (TPSA) is 82.3 Å². The maximum absolute atomic E-state index is 12.3. The molecule has 6 nitrogen and oxygen atoms in total. The SMILES string of the molecule is NNc1ncc(Cl)c(Oc2ccccc2OC(F)(F)F)n1. The van der Waals surface area contributed by atoms with E-state index in [0.717, 1.165) is 6.07 Å². The first-order valence-electron chi connectivity index (χ1n) is 5.41. The van der Waals surface area contributed by atoms with Crippen LogP contribution in [0.4, 0.5) is 19.1 Å². The summed E-state index contributed by atoms with van der Waals surface area (Å²) in [5.74, 6) is 4.21. The first-order valence-corrected chi connectivity index (χ1v) is 5.78. The smallest absolute Gasteiger partial charge is 0.433 e. The third kappa shape index (κ3) is 4.10. The lowest BCUT2D eigenvalue weighted by molar-refractivity contribution is -0.275. The number of rotatable bonds is 4. The number of hydrogen-bond acceptors (Lipinski definition) is 6. The van der Waals surface area contributed by atoms with E-state index < -0.39 is 12.1 Å². The molecule has 0 saturated carbocycles. The van der Waals surface area contributed by atoms with E-state index in [2.05, 4.69) is 20.1 Å². The van der Waals surface area contributed by atoms with E-state index in [1.165, 1.54) is 24.4 Å². The highest BCUT2D eigenvalue weighted by Gasteiger charge is 2.32. The van der Waals surface area contributed by atoms with E-state index >= 15 is 0 Å². The van der Waals surface area contributed by atoms with Crippen molar-refractivity contribution in [3.05, 3.63) is 35.5 Å². The Labute approximate surface area is 121 Å². The molecule has 0 atom stereocenters. The maximum atomic E-state index is 12.3. The summed E-state index contributed by atoms with van der Waals surface area (Å²) in [5.41, 5.74) is 2.16. The largest absolute Gasteiger partial charge is 0.573 e. The van der Waals surface area contributed by atoms with Crippen LogP contribution in [0.25, 0.3) is 0 Å². The molecule has 0 radical (unpaired) electrons. The summed E-state index contributed by atoms with van der Waals surface area (Å²) in [5, 5.41) is -0.00388. The van der Waals surface area contributed by atoms with E-state index in [1.54, 1.807) is 0 Å². The van der Waals surface area contributed by atoms with Crippen LogP contribution in [0.1, 0.15) is 0 Å². The van der Waals surface area contributed by atoms with Gasteiger partial charge in [0.1, 0.15) is 5.02 Å². The van der Waals surface area contributed by atoms with Gasteiger partial charge in [-0.2, -0.15) is 4.98 Å². The van der Waals surface area contributed by atoms with Gasteiger partial charge in [-0.05, 0) is 12.1 Å². The van der Waals surface area contributed by atoms with E-state index in [4.69, 9.17) is 22.2 Å². The molecule has 0 spiro atoms. The Morgan fingerprint density at radius 2 is 1.86 bits per heavy atom. The zero-order valence-electron chi connectivity index (χ0n) is 10.2. The highest BCUT2D eigenvalue weighted by Crippen LogP contribution is 2.36. The molecule has 3 N–H and O–H groups in total. The number of hydrazine groups is 1. The molecule has 0 fully saturated rings. The Morgan fingerprint density at radius 3 is 2.48 bits per heavy atom. The number of nitrogen functional groups attached to an aromatic ring is 1. The van der Waals surface area contributed by atoms with Gasteiger partial charge in [-0.25, -0.2) is 10.8 Å². The molecule has 10 heteroatoms. The standard InChI is InChI=1S/C11H8ClF3N4O2/c12-6-5-17-10(19-16)18-9(6)20-7-3-1-2-4-8(7)21-11(13,14)15/h1-5H,16H2,(H,17,18,19). The number of nitrogens with zero attached hydrogens (tertiary/aromatic N) is 2. The van der Waals surface area contributed by atoms with Crippen molar-refractivity contribution < 1.29 is 22.6 Å². The van der Waals surface area contributed by atoms with E-state index in [1.807, 2.05) is 0 Å². The van der Waals surface area contributed by atoms with Crippen LogP contribution >= 0.6 is 11.6 Å². The third-order valence-electron chi connectivity index (χ3n) is 2.12. The number of halogens is 4. The fourth-order valence-electron chi connectivity index (χ4n) is 1.34. The monoisotopic (exact) mass is 320 g/mol. The average Bonchev–Trinajstić information content (AvgIpc) is 2.42. The number of benzene rings is 1. The molecule has 0 saturated heterocycles. The highest BCUT2D eigenvalue weighted by atomic mass is 35.5. The Morgan fingerprint density at radius 1 is 1.19 bits per heavy atom. The van der Waals surface area contributed by atoms with Crippen LogP contribution in [0.5, 0.6) is 17.4 Å². The second kappa shape index (κ2) is 6.02. The average molecular weight is 321 g/mol. The van der Waals surface area contributed by atoms with Gasteiger partial charge in [-0.1, -0.05) is 23.7 Å². The van der Waals surface area contributed by atoms with Gasteiger partial charge < -0.3 is 9.47 Å². The Bertz CT molecular complexity index is 639. The Kier molecular flexibility index (Phi) is 4.34. The zero-order chi connectivity index (χ0) is 15.5.